The molecule has 0 unspecified atom stereocenters. The van der Waals surface area contributed by atoms with Gasteiger partial charge in [-0.2, -0.15) is 0 Å². The van der Waals surface area contributed by atoms with Crippen molar-refractivity contribution in [1.82, 2.24) is 0 Å². The molecule has 28 heavy (non-hydrogen) atoms. The maximum absolute atomic E-state index is 6.12. The Labute approximate surface area is 175 Å². The molecule has 0 saturated carbocycles. The molecular weight excluding hydrogens is 364 g/mol. The van der Waals surface area contributed by atoms with E-state index < -0.39 is 8.56 Å². The van der Waals surface area contributed by atoms with Gasteiger partial charge in [0.25, 0.3) is 0 Å². The SMILES string of the molecule is CCCCCCCCCCCCCO[Si](C)(C)Oc1ccc(OC(C)C)cc1. The van der Waals surface area contributed by atoms with Crippen LogP contribution in [0.4, 0.5) is 0 Å². The van der Waals surface area contributed by atoms with Crippen molar-refractivity contribution in [3.8, 4) is 11.5 Å². The summed E-state index contributed by atoms with van der Waals surface area (Å²) in [6.07, 6.45) is 15.1. The molecule has 0 aromatic heterocycles. The number of hydrogen-bond donors (Lipinski definition) is 0. The quantitative estimate of drug-likeness (QED) is 0.194. The zero-order valence-corrected chi connectivity index (χ0v) is 20.1. The first-order valence-electron chi connectivity index (χ1n) is 11.5. The second-order valence-corrected chi connectivity index (χ2v) is 11.8. The summed E-state index contributed by atoms with van der Waals surface area (Å²) >= 11 is 0. The van der Waals surface area contributed by atoms with Crippen LogP contribution in [0.1, 0.15) is 91.4 Å². The van der Waals surface area contributed by atoms with Crippen LogP contribution in [0.15, 0.2) is 24.3 Å². The minimum absolute atomic E-state index is 0.187. The van der Waals surface area contributed by atoms with Crippen LogP contribution in [0.5, 0.6) is 11.5 Å². The van der Waals surface area contributed by atoms with Crippen LogP contribution in [0.2, 0.25) is 13.1 Å². The molecule has 0 fully saturated rings. The molecule has 0 aliphatic rings. The number of ether oxygens (including phenoxy) is 1. The molecule has 0 aliphatic carbocycles. The van der Waals surface area contributed by atoms with E-state index in [1.807, 2.05) is 38.1 Å². The molecule has 0 atom stereocenters. The Hall–Kier alpha value is -1.00. The lowest BCUT2D eigenvalue weighted by atomic mass is 10.1. The molecule has 4 heteroatoms. The molecule has 0 radical (unpaired) electrons. The molecule has 1 aromatic rings. The summed E-state index contributed by atoms with van der Waals surface area (Å²) in [5.41, 5.74) is 0. The molecule has 0 saturated heterocycles. The van der Waals surface area contributed by atoms with Gasteiger partial charge in [-0.1, -0.05) is 71.1 Å². The maximum atomic E-state index is 6.12. The minimum Gasteiger partial charge on any atom is -0.520 e. The second kappa shape index (κ2) is 14.9. The van der Waals surface area contributed by atoms with Crippen molar-refractivity contribution >= 4 is 8.56 Å². The average molecular weight is 409 g/mol. The van der Waals surface area contributed by atoms with Crippen LogP contribution in [-0.4, -0.2) is 21.3 Å². The number of unbranched alkanes of at least 4 members (excludes halogenated alkanes) is 10. The van der Waals surface area contributed by atoms with Crippen LogP contribution in [0, 0.1) is 0 Å². The van der Waals surface area contributed by atoms with E-state index in [4.69, 9.17) is 13.6 Å². The number of hydrogen-bond acceptors (Lipinski definition) is 3. The summed E-state index contributed by atoms with van der Waals surface area (Å²) < 4.78 is 17.9. The van der Waals surface area contributed by atoms with Crippen LogP contribution in [-0.2, 0) is 4.43 Å². The molecule has 162 valence electrons. The fourth-order valence-corrected chi connectivity index (χ4v) is 4.65. The van der Waals surface area contributed by atoms with E-state index in [9.17, 15) is 0 Å². The largest absolute Gasteiger partial charge is 0.520 e. The van der Waals surface area contributed by atoms with Gasteiger partial charge in [0.2, 0.25) is 0 Å². The molecule has 1 rings (SSSR count). The maximum Gasteiger partial charge on any atom is 0.392 e. The van der Waals surface area contributed by atoms with Crippen molar-refractivity contribution in [2.75, 3.05) is 6.61 Å². The Morgan fingerprint density at radius 2 is 1.18 bits per heavy atom. The molecule has 0 heterocycles. The van der Waals surface area contributed by atoms with Crippen LogP contribution < -0.4 is 9.16 Å². The van der Waals surface area contributed by atoms with Crippen molar-refractivity contribution in [2.24, 2.45) is 0 Å². The monoisotopic (exact) mass is 408 g/mol. The third kappa shape index (κ3) is 13.2. The Morgan fingerprint density at radius 3 is 1.68 bits per heavy atom. The topological polar surface area (TPSA) is 27.7 Å². The van der Waals surface area contributed by atoms with Crippen LogP contribution in [0.25, 0.3) is 0 Å². The second-order valence-electron chi connectivity index (χ2n) is 8.52. The van der Waals surface area contributed by atoms with E-state index in [1.54, 1.807) is 0 Å². The zero-order chi connectivity index (χ0) is 20.7. The van der Waals surface area contributed by atoms with Gasteiger partial charge in [0.05, 0.1) is 6.10 Å². The summed E-state index contributed by atoms with van der Waals surface area (Å²) in [4.78, 5) is 0. The molecular formula is C24H44O3Si. The Bertz CT molecular complexity index is 485. The van der Waals surface area contributed by atoms with Gasteiger partial charge in [0.1, 0.15) is 11.5 Å². The first kappa shape index (κ1) is 25.0. The lowest BCUT2D eigenvalue weighted by Gasteiger charge is -2.24. The van der Waals surface area contributed by atoms with Crippen molar-refractivity contribution in [2.45, 2.75) is 111 Å². The Balaban J connectivity index is 2.06. The first-order valence-corrected chi connectivity index (χ1v) is 14.3. The number of rotatable bonds is 17. The zero-order valence-electron chi connectivity index (χ0n) is 19.1. The molecule has 0 N–H and O–H groups in total. The van der Waals surface area contributed by atoms with E-state index in [-0.39, 0.29) is 6.10 Å². The molecule has 0 bridgehead atoms. The highest BCUT2D eigenvalue weighted by molar-refractivity contribution is 6.65. The van der Waals surface area contributed by atoms with Gasteiger partial charge < -0.3 is 13.6 Å². The molecule has 0 spiro atoms. The van der Waals surface area contributed by atoms with Gasteiger partial charge in [-0.3, -0.25) is 0 Å². The predicted molar refractivity (Wildman–Crippen MR) is 123 cm³/mol. The highest BCUT2D eigenvalue weighted by Crippen LogP contribution is 2.22. The Morgan fingerprint density at radius 1 is 0.714 bits per heavy atom. The Kier molecular flexibility index (Phi) is 13.3. The summed E-state index contributed by atoms with van der Waals surface area (Å²) in [5.74, 6) is 1.75. The fraction of sp³-hybridized carbons (Fsp3) is 0.750. The summed E-state index contributed by atoms with van der Waals surface area (Å²) in [6, 6.07) is 7.86. The molecule has 1 aromatic carbocycles. The molecule has 0 amide bonds. The molecule has 0 aliphatic heterocycles. The predicted octanol–water partition coefficient (Wildman–Crippen LogP) is 7.88. The van der Waals surface area contributed by atoms with E-state index in [0.29, 0.717) is 0 Å². The summed E-state index contributed by atoms with van der Waals surface area (Å²) in [5, 5.41) is 0. The average Bonchev–Trinajstić information content (AvgIpc) is 2.63. The van der Waals surface area contributed by atoms with Gasteiger partial charge >= 0.3 is 8.56 Å². The van der Waals surface area contributed by atoms with Crippen LogP contribution in [0.3, 0.4) is 0 Å². The van der Waals surface area contributed by atoms with Crippen molar-refractivity contribution in [3.05, 3.63) is 24.3 Å². The van der Waals surface area contributed by atoms with Crippen molar-refractivity contribution in [3.63, 3.8) is 0 Å². The van der Waals surface area contributed by atoms with Gasteiger partial charge in [-0.05, 0) is 57.6 Å². The van der Waals surface area contributed by atoms with Gasteiger partial charge in [0, 0.05) is 6.61 Å². The molecule has 3 nitrogen and oxygen atoms in total. The van der Waals surface area contributed by atoms with E-state index in [1.165, 1.54) is 64.2 Å². The minimum atomic E-state index is -2.13. The summed E-state index contributed by atoms with van der Waals surface area (Å²) in [7, 11) is -2.13. The van der Waals surface area contributed by atoms with E-state index in [0.717, 1.165) is 24.5 Å². The lowest BCUT2D eigenvalue weighted by Crippen LogP contribution is -2.38. The third-order valence-electron chi connectivity index (χ3n) is 4.76. The van der Waals surface area contributed by atoms with Gasteiger partial charge in [0.15, 0.2) is 0 Å². The van der Waals surface area contributed by atoms with Crippen LogP contribution >= 0.6 is 0 Å². The summed E-state index contributed by atoms with van der Waals surface area (Å²) in [6.45, 7) is 11.4. The van der Waals surface area contributed by atoms with E-state index in [2.05, 4.69) is 20.0 Å². The van der Waals surface area contributed by atoms with Crippen molar-refractivity contribution < 1.29 is 13.6 Å². The first-order chi connectivity index (χ1) is 13.4. The highest BCUT2D eigenvalue weighted by atomic mass is 28.4. The van der Waals surface area contributed by atoms with Crippen molar-refractivity contribution in [1.29, 1.82) is 0 Å². The third-order valence-corrected chi connectivity index (χ3v) is 6.38. The standard InChI is InChI=1S/C24H44O3Si/c1-6-7-8-9-10-11-12-13-14-15-16-21-25-28(4,5)27-24-19-17-23(18-20-24)26-22(2)3/h17-20,22H,6-16,21H2,1-5H3. The smallest absolute Gasteiger partial charge is 0.392 e. The van der Waals surface area contributed by atoms with E-state index >= 15 is 0 Å². The fourth-order valence-electron chi connectivity index (χ4n) is 3.26. The van der Waals surface area contributed by atoms with Gasteiger partial charge in [-0.25, -0.2) is 0 Å². The van der Waals surface area contributed by atoms with Gasteiger partial charge in [-0.15, -0.1) is 0 Å². The normalized spacial score (nSPS) is 11.8. The number of benzene rings is 1. The lowest BCUT2D eigenvalue weighted by molar-refractivity contribution is 0.237. The highest BCUT2D eigenvalue weighted by Gasteiger charge is 2.26.